The Morgan fingerprint density at radius 1 is 1.75 bits per heavy atom. The lowest BCUT2D eigenvalue weighted by molar-refractivity contribution is -0.121. The first-order valence-electron chi connectivity index (χ1n) is 3.45. The third-order valence-electron chi connectivity index (χ3n) is 1.61. The summed E-state index contributed by atoms with van der Waals surface area (Å²) < 4.78 is 0. The summed E-state index contributed by atoms with van der Waals surface area (Å²) in [5, 5.41) is 4.61. The average molecular weight is 166 g/mol. The molecule has 0 aromatic carbocycles. The largest absolute Gasteiger partial charge is 0.354 e. The predicted octanol–water partition coefficient (Wildman–Crippen LogP) is -1.68. The van der Waals surface area contributed by atoms with Crippen LogP contribution in [-0.2, 0) is 9.59 Å². The van der Waals surface area contributed by atoms with Crippen molar-refractivity contribution in [2.24, 2.45) is 0 Å². The molecule has 0 saturated carbocycles. The standard InChI is InChI=1S/C6H7BN2O3/c7-6(12)9-4-1-3(2-10)8-5(4)11/h2-4H,1H2,(H,8,11)(H,9,12). The molecular formula is C6H7BN2O3. The Hall–Kier alpha value is -1.33. The van der Waals surface area contributed by atoms with Crippen molar-refractivity contribution in [3.05, 3.63) is 0 Å². The highest BCUT2D eigenvalue weighted by Gasteiger charge is 2.31. The molecule has 2 atom stereocenters. The van der Waals surface area contributed by atoms with Gasteiger partial charge in [0.2, 0.25) is 13.8 Å². The van der Waals surface area contributed by atoms with Crippen LogP contribution in [0, 0.1) is 0 Å². The molecule has 2 N–H and O–H groups in total. The summed E-state index contributed by atoms with van der Waals surface area (Å²) in [6, 6.07) is -1.17. The number of hydrogen-bond donors (Lipinski definition) is 2. The Kier molecular flexibility index (Phi) is 2.47. The number of rotatable bonds is 2. The second-order valence-electron chi connectivity index (χ2n) is 2.55. The van der Waals surface area contributed by atoms with E-state index >= 15 is 0 Å². The van der Waals surface area contributed by atoms with Crippen molar-refractivity contribution in [3.8, 4) is 0 Å². The minimum Gasteiger partial charge on any atom is -0.354 e. The first-order chi connectivity index (χ1) is 5.63. The van der Waals surface area contributed by atoms with Gasteiger partial charge in [-0.2, -0.15) is 0 Å². The van der Waals surface area contributed by atoms with E-state index in [-0.39, 0.29) is 12.3 Å². The molecule has 1 fully saturated rings. The van der Waals surface area contributed by atoms with Crippen LogP contribution in [0.25, 0.3) is 0 Å². The van der Waals surface area contributed by atoms with Crippen LogP contribution >= 0.6 is 0 Å². The van der Waals surface area contributed by atoms with Crippen molar-refractivity contribution < 1.29 is 14.4 Å². The van der Waals surface area contributed by atoms with E-state index in [0.29, 0.717) is 6.29 Å². The lowest BCUT2D eigenvalue weighted by Crippen LogP contribution is -2.39. The zero-order valence-electron chi connectivity index (χ0n) is 6.24. The summed E-state index contributed by atoms with van der Waals surface area (Å²) in [6.45, 7) is 0. The molecule has 6 heteroatoms. The normalized spacial score (nSPS) is 27.8. The van der Waals surface area contributed by atoms with Gasteiger partial charge in [-0.15, -0.1) is 0 Å². The van der Waals surface area contributed by atoms with Crippen LogP contribution in [0.4, 0.5) is 4.79 Å². The molecule has 0 aromatic rings. The molecule has 1 saturated heterocycles. The topological polar surface area (TPSA) is 75.3 Å². The molecule has 2 radical (unpaired) electrons. The molecule has 0 bridgehead atoms. The Morgan fingerprint density at radius 3 is 2.83 bits per heavy atom. The summed E-state index contributed by atoms with van der Waals surface area (Å²) >= 11 is 0. The Balaban J connectivity index is 2.51. The van der Waals surface area contributed by atoms with Gasteiger partial charge in [0.05, 0.1) is 6.04 Å². The van der Waals surface area contributed by atoms with Gasteiger partial charge in [-0.25, -0.2) is 0 Å². The molecule has 1 heterocycles. The fraction of sp³-hybridized carbons (Fsp3) is 0.500. The molecule has 2 amide bonds. The van der Waals surface area contributed by atoms with Crippen LogP contribution in [0.2, 0.25) is 0 Å². The van der Waals surface area contributed by atoms with E-state index < -0.39 is 17.9 Å². The van der Waals surface area contributed by atoms with Crippen molar-refractivity contribution in [1.29, 1.82) is 0 Å². The average Bonchev–Trinajstić information content (AvgIpc) is 2.31. The fourth-order valence-electron chi connectivity index (χ4n) is 1.09. The van der Waals surface area contributed by atoms with Crippen LogP contribution in [0.5, 0.6) is 0 Å². The number of aldehydes is 1. The fourth-order valence-corrected chi connectivity index (χ4v) is 1.09. The smallest absolute Gasteiger partial charge is 0.243 e. The van der Waals surface area contributed by atoms with Gasteiger partial charge in [-0.05, 0) is 0 Å². The second-order valence-corrected chi connectivity index (χ2v) is 2.55. The summed E-state index contributed by atoms with van der Waals surface area (Å²) in [5.74, 6) is -1.13. The zero-order valence-corrected chi connectivity index (χ0v) is 6.24. The molecule has 1 aliphatic rings. The van der Waals surface area contributed by atoms with E-state index in [9.17, 15) is 14.4 Å². The van der Waals surface area contributed by atoms with Gasteiger partial charge in [0, 0.05) is 6.42 Å². The maximum atomic E-state index is 10.9. The summed E-state index contributed by atoms with van der Waals surface area (Å²) in [6.07, 6.45) is 0.895. The van der Waals surface area contributed by atoms with Crippen molar-refractivity contribution in [3.63, 3.8) is 0 Å². The molecule has 0 aliphatic carbocycles. The predicted molar refractivity (Wildman–Crippen MR) is 40.7 cm³/mol. The van der Waals surface area contributed by atoms with Crippen molar-refractivity contribution in [2.45, 2.75) is 18.5 Å². The molecular weight excluding hydrogens is 159 g/mol. The number of nitrogens with one attached hydrogen (secondary N) is 2. The minimum absolute atomic E-state index is 0.269. The zero-order chi connectivity index (χ0) is 9.14. The number of hydrogen-bond acceptors (Lipinski definition) is 3. The van der Waals surface area contributed by atoms with E-state index in [2.05, 4.69) is 10.6 Å². The highest BCUT2D eigenvalue weighted by molar-refractivity contribution is 6.57. The number of carbonyl (C=O) groups excluding carboxylic acids is 3. The molecule has 62 valence electrons. The van der Waals surface area contributed by atoms with Crippen molar-refractivity contribution >= 4 is 25.8 Å². The van der Waals surface area contributed by atoms with Gasteiger partial charge >= 0.3 is 0 Å². The molecule has 1 aliphatic heterocycles. The van der Waals surface area contributed by atoms with Crippen LogP contribution in [0.15, 0.2) is 0 Å². The van der Waals surface area contributed by atoms with E-state index in [1.807, 2.05) is 0 Å². The third kappa shape index (κ3) is 1.84. The molecule has 12 heavy (non-hydrogen) atoms. The molecule has 1 rings (SSSR count). The minimum atomic E-state index is -0.762. The number of carbonyl (C=O) groups is 3. The summed E-state index contributed by atoms with van der Waals surface area (Å²) in [7, 11) is 4.80. The summed E-state index contributed by atoms with van der Waals surface area (Å²) in [4.78, 5) is 31.5. The van der Waals surface area contributed by atoms with E-state index in [1.54, 1.807) is 0 Å². The van der Waals surface area contributed by atoms with Gasteiger partial charge in [0.15, 0.2) is 5.81 Å². The highest BCUT2D eigenvalue weighted by Crippen LogP contribution is 2.05. The van der Waals surface area contributed by atoms with E-state index in [0.717, 1.165) is 0 Å². The lowest BCUT2D eigenvalue weighted by atomic mass is 10.1. The van der Waals surface area contributed by atoms with Crippen LogP contribution in [-0.4, -0.2) is 37.9 Å². The maximum Gasteiger partial charge on any atom is 0.243 e. The van der Waals surface area contributed by atoms with Crippen LogP contribution in [0.3, 0.4) is 0 Å². The van der Waals surface area contributed by atoms with Gasteiger partial charge in [-0.3, -0.25) is 9.59 Å². The van der Waals surface area contributed by atoms with Gasteiger partial charge in [0.1, 0.15) is 12.3 Å². The van der Waals surface area contributed by atoms with Crippen LogP contribution in [0.1, 0.15) is 6.42 Å². The SMILES string of the molecule is [B]C(=O)NC1CC(C=O)NC1=O. The van der Waals surface area contributed by atoms with Crippen molar-refractivity contribution in [1.82, 2.24) is 10.6 Å². The van der Waals surface area contributed by atoms with E-state index in [4.69, 9.17) is 7.85 Å². The first kappa shape index (κ1) is 8.77. The Morgan fingerprint density at radius 2 is 2.42 bits per heavy atom. The second kappa shape index (κ2) is 3.38. The molecule has 5 nitrogen and oxygen atoms in total. The summed E-state index contributed by atoms with van der Waals surface area (Å²) in [5.41, 5.74) is 0. The van der Waals surface area contributed by atoms with Gasteiger partial charge < -0.3 is 15.4 Å². The lowest BCUT2D eigenvalue weighted by Gasteiger charge is -2.06. The van der Waals surface area contributed by atoms with E-state index in [1.165, 1.54) is 0 Å². The van der Waals surface area contributed by atoms with Crippen molar-refractivity contribution in [2.75, 3.05) is 0 Å². The monoisotopic (exact) mass is 166 g/mol. The first-order valence-corrected chi connectivity index (χ1v) is 3.45. The van der Waals surface area contributed by atoms with Gasteiger partial charge in [0.25, 0.3) is 0 Å². The van der Waals surface area contributed by atoms with Crippen LogP contribution < -0.4 is 10.6 Å². The third-order valence-corrected chi connectivity index (χ3v) is 1.61. The quantitative estimate of drug-likeness (QED) is 0.380. The van der Waals surface area contributed by atoms with Gasteiger partial charge in [-0.1, -0.05) is 0 Å². The highest BCUT2D eigenvalue weighted by atomic mass is 16.2. The molecule has 2 unspecified atom stereocenters. The number of amides is 2. The maximum absolute atomic E-state index is 10.9. The molecule has 0 spiro atoms. The Bertz CT molecular complexity index is 231. The molecule has 0 aromatic heterocycles. The Labute approximate surface area is 70.3 Å².